The summed E-state index contributed by atoms with van der Waals surface area (Å²) in [5.74, 6) is -0.509. The lowest BCUT2D eigenvalue weighted by Crippen LogP contribution is -2.32. The quantitative estimate of drug-likeness (QED) is 0.687. The van der Waals surface area contributed by atoms with E-state index in [4.69, 9.17) is 0 Å². The maximum atomic E-state index is 12.6. The van der Waals surface area contributed by atoms with Crippen molar-refractivity contribution in [3.63, 3.8) is 0 Å². The van der Waals surface area contributed by atoms with Crippen LogP contribution in [0.15, 0.2) is 58.4 Å². The number of thiazole rings is 1. The van der Waals surface area contributed by atoms with Crippen LogP contribution in [-0.2, 0) is 21.9 Å². The molecule has 2 aromatic carbocycles. The van der Waals surface area contributed by atoms with Crippen LogP contribution in [0.3, 0.4) is 0 Å². The predicted molar refractivity (Wildman–Crippen MR) is 102 cm³/mol. The second-order valence-corrected chi connectivity index (χ2v) is 9.05. The number of likely N-dealkylation sites (N-methyl/N-ethyl adjacent to an activating group) is 1. The topological polar surface area (TPSA) is 71.7 Å². The van der Waals surface area contributed by atoms with E-state index in [1.54, 1.807) is 12.1 Å². The molecule has 0 unspecified atom stereocenters. The summed E-state index contributed by atoms with van der Waals surface area (Å²) in [6, 6.07) is 14.3. The molecule has 0 N–H and O–H groups in total. The van der Waals surface area contributed by atoms with Gasteiger partial charge in [0.25, 0.3) is 5.91 Å². The predicted octanol–water partition coefficient (Wildman–Crippen LogP) is 2.30. The van der Waals surface area contributed by atoms with E-state index in [1.165, 1.54) is 30.5 Å². The maximum absolute atomic E-state index is 12.6. The lowest BCUT2D eigenvalue weighted by Gasteiger charge is -2.15. The molecule has 1 heterocycles. The fourth-order valence-electron chi connectivity index (χ4n) is 2.50. The summed E-state index contributed by atoms with van der Waals surface area (Å²) >= 11 is 1.39. The maximum Gasteiger partial charge on any atom is 0.263 e. The zero-order chi connectivity index (χ0) is 18.9. The van der Waals surface area contributed by atoms with E-state index < -0.39 is 15.9 Å². The molecule has 0 atom stereocenters. The van der Waals surface area contributed by atoms with Gasteiger partial charge in [-0.05, 0) is 31.2 Å². The van der Waals surface area contributed by atoms with Crippen molar-refractivity contribution < 1.29 is 13.2 Å². The molecule has 0 aliphatic heterocycles. The van der Waals surface area contributed by atoms with Crippen LogP contribution < -0.4 is 4.80 Å². The number of rotatable bonds is 4. The Morgan fingerprint density at radius 2 is 1.81 bits per heavy atom. The molecule has 0 bridgehead atoms. The van der Waals surface area contributed by atoms with Gasteiger partial charge in [0, 0.05) is 14.1 Å². The number of amides is 1. The number of hydrogen-bond donors (Lipinski definition) is 0. The van der Waals surface area contributed by atoms with Gasteiger partial charge in [0.15, 0.2) is 4.80 Å². The smallest absolute Gasteiger partial charge is 0.263 e. The van der Waals surface area contributed by atoms with Crippen LogP contribution in [-0.4, -0.2) is 36.8 Å². The molecule has 1 aromatic heterocycles. The van der Waals surface area contributed by atoms with E-state index in [0.29, 0.717) is 4.80 Å². The molecule has 3 aromatic rings. The van der Waals surface area contributed by atoms with Crippen LogP contribution >= 0.6 is 11.3 Å². The number of nitrogens with zero attached hydrogens (tertiary/aromatic N) is 3. The fraction of sp³-hybridized carbons (Fsp3) is 0.222. The van der Waals surface area contributed by atoms with E-state index in [1.807, 2.05) is 42.8 Å². The number of fused-ring (bicyclic) bond motifs is 1. The first-order valence-electron chi connectivity index (χ1n) is 7.94. The molecule has 0 fully saturated rings. The lowest BCUT2D eigenvalue weighted by atomic mass is 10.2. The first-order chi connectivity index (χ1) is 12.3. The molecule has 0 aliphatic rings. The molecule has 1 amide bonds. The van der Waals surface area contributed by atoms with Crippen LogP contribution in [0, 0.1) is 6.92 Å². The summed E-state index contributed by atoms with van der Waals surface area (Å²) in [4.78, 5) is 17.1. The average Bonchev–Trinajstić information content (AvgIpc) is 2.91. The van der Waals surface area contributed by atoms with E-state index in [2.05, 4.69) is 4.99 Å². The number of aromatic nitrogens is 1. The number of hydrogen-bond acceptors (Lipinski definition) is 4. The van der Waals surface area contributed by atoms with E-state index in [-0.39, 0.29) is 11.4 Å². The van der Waals surface area contributed by atoms with Crippen molar-refractivity contribution in [3.8, 4) is 0 Å². The highest BCUT2D eigenvalue weighted by molar-refractivity contribution is 7.89. The second-order valence-electron chi connectivity index (χ2n) is 5.99. The van der Waals surface area contributed by atoms with Crippen molar-refractivity contribution in [2.75, 3.05) is 13.6 Å². The van der Waals surface area contributed by atoms with Crippen molar-refractivity contribution >= 4 is 37.5 Å². The van der Waals surface area contributed by atoms with Gasteiger partial charge in [0.05, 0.1) is 21.7 Å². The Labute approximate surface area is 156 Å². The molecule has 136 valence electrons. The van der Waals surface area contributed by atoms with Gasteiger partial charge >= 0.3 is 0 Å². The summed E-state index contributed by atoms with van der Waals surface area (Å²) in [5, 5.41) is 0. The summed E-state index contributed by atoms with van der Waals surface area (Å²) in [7, 11) is -0.515. The van der Waals surface area contributed by atoms with E-state index in [0.717, 1.165) is 20.1 Å². The number of benzene rings is 2. The molecule has 8 heteroatoms. The first-order valence-corrected chi connectivity index (χ1v) is 10.2. The van der Waals surface area contributed by atoms with Crippen LogP contribution in [0.4, 0.5) is 0 Å². The van der Waals surface area contributed by atoms with Crippen molar-refractivity contribution in [3.05, 3.63) is 58.9 Å². The Hall–Kier alpha value is -2.29. The molecular weight excluding hydrogens is 370 g/mol. The Kier molecular flexibility index (Phi) is 5.08. The van der Waals surface area contributed by atoms with Crippen molar-refractivity contribution in [1.82, 2.24) is 8.87 Å². The van der Waals surface area contributed by atoms with Gasteiger partial charge in [-0.1, -0.05) is 41.2 Å². The van der Waals surface area contributed by atoms with Crippen molar-refractivity contribution in [1.29, 1.82) is 0 Å². The lowest BCUT2D eigenvalue weighted by molar-refractivity contribution is -0.118. The first kappa shape index (κ1) is 18.5. The third-order valence-electron chi connectivity index (χ3n) is 4.02. The zero-order valence-corrected chi connectivity index (χ0v) is 16.3. The average molecular weight is 390 g/mol. The normalized spacial score (nSPS) is 12.8. The molecule has 0 spiro atoms. The van der Waals surface area contributed by atoms with Gasteiger partial charge in [-0.15, -0.1) is 0 Å². The molecule has 0 saturated carbocycles. The van der Waals surface area contributed by atoms with Gasteiger partial charge < -0.3 is 4.57 Å². The number of carbonyl (C=O) groups is 1. The highest BCUT2D eigenvalue weighted by Gasteiger charge is 2.22. The van der Waals surface area contributed by atoms with Crippen LogP contribution in [0.5, 0.6) is 0 Å². The Balaban J connectivity index is 1.84. The fourth-order valence-corrected chi connectivity index (χ4v) is 4.65. The van der Waals surface area contributed by atoms with Gasteiger partial charge in [0.1, 0.15) is 0 Å². The number of carbonyl (C=O) groups excluding carboxylic acids is 1. The molecular formula is C18H19N3O3S2. The largest absolute Gasteiger partial charge is 0.319 e. The van der Waals surface area contributed by atoms with Crippen molar-refractivity contribution in [2.45, 2.75) is 11.8 Å². The van der Waals surface area contributed by atoms with Gasteiger partial charge in [-0.2, -0.15) is 9.30 Å². The molecule has 26 heavy (non-hydrogen) atoms. The Morgan fingerprint density at radius 3 is 2.46 bits per heavy atom. The zero-order valence-electron chi connectivity index (χ0n) is 14.7. The SMILES string of the molecule is Cc1ccc(S(=O)(=O)N(C)CC(=O)N=c2sc3ccccc3n2C)cc1. The molecule has 6 nitrogen and oxygen atoms in total. The molecule has 0 aliphatic carbocycles. The van der Waals surface area contributed by atoms with Gasteiger partial charge in [-0.3, -0.25) is 4.79 Å². The monoisotopic (exact) mass is 389 g/mol. The third-order valence-corrected chi connectivity index (χ3v) is 6.95. The number of sulfonamides is 1. The summed E-state index contributed by atoms with van der Waals surface area (Å²) in [6.07, 6.45) is 0. The van der Waals surface area contributed by atoms with Crippen LogP contribution in [0.1, 0.15) is 5.56 Å². The minimum atomic E-state index is -3.73. The van der Waals surface area contributed by atoms with E-state index >= 15 is 0 Å². The number of para-hydroxylation sites is 1. The minimum absolute atomic E-state index is 0.158. The van der Waals surface area contributed by atoms with Gasteiger partial charge in [-0.25, -0.2) is 8.42 Å². The summed E-state index contributed by atoms with van der Waals surface area (Å²) in [6.45, 7) is 1.57. The Morgan fingerprint density at radius 1 is 1.15 bits per heavy atom. The highest BCUT2D eigenvalue weighted by atomic mass is 32.2. The van der Waals surface area contributed by atoms with Crippen LogP contribution in [0.25, 0.3) is 10.2 Å². The van der Waals surface area contributed by atoms with Gasteiger partial charge in [0.2, 0.25) is 10.0 Å². The summed E-state index contributed by atoms with van der Waals surface area (Å²) in [5.41, 5.74) is 1.94. The highest BCUT2D eigenvalue weighted by Crippen LogP contribution is 2.16. The van der Waals surface area contributed by atoms with Crippen LogP contribution in [0.2, 0.25) is 0 Å². The van der Waals surface area contributed by atoms with Crippen molar-refractivity contribution in [2.24, 2.45) is 12.0 Å². The Bertz CT molecular complexity index is 1130. The molecule has 0 radical (unpaired) electrons. The third kappa shape index (κ3) is 3.62. The van der Waals surface area contributed by atoms with E-state index in [9.17, 15) is 13.2 Å². The molecule has 0 saturated heterocycles. The molecule has 3 rings (SSSR count). The second kappa shape index (κ2) is 7.14. The number of aryl methyl sites for hydroxylation is 2. The minimum Gasteiger partial charge on any atom is -0.319 e. The summed E-state index contributed by atoms with van der Waals surface area (Å²) < 4.78 is 29.0. The standard InChI is InChI=1S/C18H19N3O3S2/c1-13-8-10-14(11-9-13)26(23,24)20(2)12-17(22)19-18-21(3)15-6-4-5-7-16(15)25-18/h4-11H,12H2,1-3H3.